The third-order valence-corrected chi connectivity index (χ3v) is 3.71. The Morgan fingerprint density at radius 1 is 1.36 bits per heavy atom. The highest BCUT2D eigenvalue weighted by atomic mass is 19.4. The van der Waals surface area contributed by atoms with Crippen molar-refractivity contribution in [2.75, 3.05) is 10.6 Å². The van der Waals surface area contributed by atoms with Crippen LogP contribution in [0.1, 0.15) is 30.8 Å². The van der Waals surface area contributed by atoms with Gasteiger partial charge >= 0.3 is 6.18 Å². The Labute approximate surface area is 140 Å². The Morgan fingerprint density at radius 2 is 2.08 bits per heavy atom. The number of aromatic nitrogens is 3. The molecule has 25 heavy (non-hydrogen) atoms. The molecule has 1 aromatic heterocycles. The average molecular weight is 353 g/mol. The highest BCUT2D eigenvalue weighted by Gasteiger charge is 2.36. The zero-order valence-electron chi connectivity index (χ0n) is 13.1. The maximum Gasteiger partial charge on any atom is 0.418 e. The quantitative estimate of drug-likeness (QED) is 0.883. The monoisotopic (exact) mass is 353 g/mol. The number of alkyl halides is 3. The highest BCUT2D eigenvalue weighted by Crippen LogP contribution is 2.35. The maximum atomic E-state index is 13.0. The van der Waals surface area contributed by atoms with E-state index in [1.165, 1.54) is 16.8 Å². The van der Waals surface area contributed by atoms with Crippen LogP contribution >= 0.6 is 0 Å². The first-order valence-corrected chi connectivity index (χ1v) is 7.52. The van der Waals surface area contributed by atoms with Crippen LogP contribution in [0.5, 0.6) is 0 Å². The number of carbonyl (C=O) groups is 2. The van der Waals surface area contributed by atoms with Crippen molar-refractivity contribution in [1.82, 2.24) is 14.8 Å². The van der Waals surface area contributed by atoms with Gasteiger partial charge in [0.05, 0.1) is 17.7 Å². The van der Waals surface area contributed by atoms with Gasteiger partial charge in [-0.05, 0) is 12.1 Å². The predicted octanol–water partition coefficient (Wildman–Crippen LogP) is 2.38. The standard InChI is InChI=1S/C15H14F3N5O2/c1-2-11-20-14-21-13(25)10(23(14)22-11)7-12(24)19-9-6-4-3-5-8(9)15(16,17)18/h3-6,10H,2,7H2,1H3,(H,19,24)(H,20,21,22,25)/t10-/m1/s1. The van der Waals surface area contributed by atoms with Crippen molar-refractivity contribution in [3.05, 3.63) is 35.7 Å². The molecule has 0 saturated heterocycles. The van der Waals surface area contributed by atoms with Gasteiger partial charge in [0.1, 0.15) is 6.04 Å². The van der Waals surface area contributed by atoms with Crippen molar-refractivity contribution in [2.24, 2.45) is 0 Å². The number of rotatable bonds is 4. The van der Waals surface area contributed by atoms with Crippen LogP contribution in [0.25, 0.3) is 0 Å². The summed E-state index contributed by atoms with van der Waals surface area (Å²) >= 11 is 0. The topological polar surface area (TPSA) is 88.9 Å². The Balaban J connectivity index is 1.76. The van der Waals surface area contributed by atoms with Gasteiger partial charge in [-0.25, -0.2) is 4.68 Å². The average Bonchev–Trinajstić information content (AvgIpc) is 3.05. The first-order chi connectivity index (χ1) is 11.8. The molecule has 3 rings (SSSR count). The minimum atomic E-state index is -4.59. The van der Waals surface area contributed by atoms with E-state index in [0.717, 1.165) is 12.1 Å². The number of hydrogen-bond acceptors (Lipinski definition) is 4. The molecule has 7 nitrogen and oxygen atoms in total. The van der Waals surface area contributed by atoms with Crippen LogP contribution in [0.4, 0.5) is 24.8 Å². The molecule has 1 aliphatic rings. The van der Waals surface area contributed by atoms with Crippen molar-refractivity contribution in [1.29, 1.82) is 0 Å². The second-order valence-corrected chi connectivity index (χ2v) is 5.45. The number of para-hydroxylation sites is 1. The molecule has 2 amide bonds. The largest absolute Gasteiger partial charge is 0.418 e. The summed E-state index contributed by atoms with van der Waals surface area (Å²) in [5.74, 6) is -0.465. The van der Waals surface area contributed by atoms with Gasteiger partial charge in [0.15, 0.2) is 5.82 Å². The number of anilines is 2. The van der Waals surface area contributed by atoms with E-state index < -0.39 is 29.6 Å². The zero-order chi connectivity index (χ0) is 18.2. The lowest BCUT2D eigenvalue weighted by atomic mass is 10.1. The molecular formula is C15H14F3N5O2. The first kappa shape index (κ1) is 16.9. The van der Waals surface area contributed by atoms with Crippen LogP contribution in [-0.2, 0) is 22.2 Å². The molecule has 1 aromatic carbocycles. The molecular weight excluding hydrogens is 339 g/mol. The summed E-state index contributed by atoms with van der Waals surface area (Å²) in [6, 6.07) is 3.71. The molecule has 0 spiro atoms. The Kier molecular flexibility index (Phi) is 4.19. The van der Waals surface area contributed by atoms with Crippen LogP contribution in [0.2, 0.25) is 0 Å². The van der Waals surface area contributed by atoms with Gasteiger partial charge in [-0.1, -0.05) is 19.1 Å². The molecule has 0 saturated carbocycles. The summed E-state index contributed by atoms with van der Waals surface area (Å²) < 4.78 is 40.2. The van der Waals surface area contributed by atoms with Gasteiger partial charge in [-0.3, -0.25) is 14.9 Å². The number of benzene rings is 1. The van der Waals surface area contributed by atoms with Gasteiger partial charge in [0, 0.05) is 6.42 Å². The first-order valence-electron chi connectivity index (χ1n) is 7.52. The molecule has 0 aliphatic carbocycles. The third-order valence-electron chi connectivity index (χ3n) is 3.71. The number of halogens is 3. The van der Waals surface area contributed by atoms with Crippen molar-refractivity contribution in [3.63, 3.8) is 0 Å². The van der Waals surface area contributed by atoms with E-state index in [0.29, 0.717) is 12.2 Å². The minimum Gasteiger partial charge on any atom is -0.325 e. The van der Waals surface area contributed by atoms with Gasteiger partial charge in [0.25, 0.3) is 5.91 Å². The van der Waals surface area contributed by atoms with E-state index in [-0.39, 0.29) is 18.1 Å². The van der Waals surface area contributed by atoms with E-state index in [1.807, 2.05) is 6.92 Å². The number of carbonyl (C=O) groups excluding carboxylic acids is 2. The van der Waals surface area contributed by atoms with Gasteiger partial charge in [0.2, 0.25) is 11.9 Å². The van der Waals surface area contributed by atoms with E-state index in [4.69, 9.17) is 0 Å². The molecule has 0 fully saturated rings. The van der Waals surface area contributed by atoms with Crippen LogP contribution in [0.3, 0.4) is 0 Å². The fraction of sp³-hybridized carbons (Fsp3) is 0.333. The van der Waals surface area contributed by atoms with E-state index in [2.05, 4.69) is 20.7 Å². The lowest BCUT2D eigenvalue weighted by molar-refractivity contribution is -0.137. The molecule has 132 valence electrons. The molecule has 0 radical (unpaired) electrons. The fourth-order valence-electron chi connectivity index (χ4n) is 2.52. The van der Waals surface area contributed by atoms with Crippen molar-refractivity contribution in [2.45, 2.75) is 32.0 Å². The number of amides is 2. The van der Waals surface area contributed by atoms with Crippen molar-refractivity contribution < 1.29 is 22.8 Å². The summed E-state index contributed by atoms with van der Waals surface area (Å²) in [5.41, 5.74) is -1.31. The smallest absolute Gasteiger partial charge is 0.325 e. The maximum absolute atomic E-state index is 13.0. The normalized spacial score (nSPS) is 16.5. The minimum absolute atomic E-state index is 0.232. The lowest BCUT2D eigenvalue weighted by Gasteiger charge is -2.14. The summed E-state index contributed by atoms with van der Waals surface area (Å²) in [6.07, 6.45) is -4.39. The fourth-order valence-corrected chi connectivity index (χ4v) is 2.52. The Bertz CT molecular complexity index is 831. The van der Waals surface area contributed by atoms with Crippen LogP contribution in [-0.4, -0.2) is 26.6 Å². The van der Waals surface area contributed by atoms with Crippen LogP contribution in [0, 0.1) is 0 Å². The summed E-state index contributed by atoms with van der Waals surface area (Å²) in [6.45, 7) is 1.84. The number of hydrogen-bond donors (Lipinski definition) is 2. The Morgan fingerprint density at radius 3 is 2.76 bits per heavy atom. The van der Waals surface area contributed by atoms with E-state index in [1.54, 1.807) is 0 Å². The highest BCUT2D eigenvalue weighted by molar-refractivity contribution is 6.01. The van der Waals surface area contributed by atoms with Crippen molar-refractivity contribution >= 4 is 23.5 Å². The lowest BCUT2D eigenvalue weighted by Crippen LogP contribution is -2.24. The van der Waals surface area contributed by atoms with E-state index >= 15 is 0 Å². The molecule has 1 atom stereocenters. The molecule has 2 N–H and O–H groups in total. The number of fused-ring (bicyclic) bond motifs is 1. The molecule has 2 aromatic rings. The third kappa shape index (κ3) is 3.32. The van der Waals surface area contributed by atoms with E-state index in [9.17, 15) is 22.8 Å². The van der Waals surface area contributed by atoms with Crippen molar-refractivity contribution in [3.8, 4) is 0 Å². The van der Waals surface area contributed by atoms with Crippen LogP contribution < -0.4 is 10.6 Å². The predicted molar refractivity (Wildman–Crippen MR) is 81.8 cm³/mol. The molecule has 2 heterocycles. The van der Waals surface area contributed by atoms with Gasteiger partial charge < -0.3 is 5.32 Å². The van der Waals surface area contributed by atoms with Gasteiger partial charge in [-0.2, -0.15) is 23.3 Å². The SMILES string of the molecule is CCc1nc2n(n1)[C@H](CC(=O)Nc1ccccc1C(F)(F)F)C(=O)N2. The molecule has 10 heteroatoms. The molecule has 0 bridgehead atoms. The second kappa shape index (κ2) is 6.19. The number of aryl methyl sites for hydroxylation is 1. The summed E-state index contributed by atoms with van der Waals surface area (Å²) in [7, 11) is 0. The number of nitrogens with one attached hydrogen (secondary N) is 2. The second-order valence-electron chi connectivity index (χ2n) is 5.45. The van der Waals surface area contributed by atoms with Crippen LogP contribution in [0.15, 0.2) is 24.3 Å². The number of nitrogens with zero attached hydrogens (tertiary/aromatic N) is 3. The molecule has 1 aliphatic heterocycles. The summed E-state index contributed by atoms with van der Waals surface area (Å²) in [5, 5.41) is 8.83. The zero-order valence-corrected chi connectivity index (χ0v) is 13.1. The van der Waals surface area contributed by atoms with Gasteiger partial charge in [-0.15, -0.1) is 0 Å². The summed E-state index contributed by atoms with van der Waals surface area (Å²) in [4.78, 5) is 28.2. The Hall–Kier alpha value is -2.91. The molecule has 0 unspecified atom stereocenters.